The largest absolute Gasteiger partial charge is 0.447 e. The van der Waals surface area contributed by atoms with Gasteiger partial charge in [-0.15, -0.1) is 0 Å². The molecule has 1 atom stereocenters. The van der Waals surface area contributed by atoms with E-state index < -0.39 is 0 Å². The molecule has 0 amide bonds. The topological polar surface area (TPSA) is 38.3 Å². The van der Waals surface area contributed by atoms with Crippen molar-refractivity contribution in [2.24, 2.45) is 0 Å². The van der Waals surface area contributed by atoms with E-state index >= 15 is 0 Å². The van der Waals surface area contributed by atoms with Crippen molar-refractivity contribution in [3.8, 4) is 0 Å². The quantitative estimate of drug-likeness (QED) is 0.141. The Hall–Kier alpha value is -0.570. The van der Waals surface area contributed by atoms with Crippen molar-refractivity contribution < 1.29 is 9.53 Å². The average Bonchev–Trinajstić information content (AvgIpc) is 2.63. The zero-order chi connectivity index (χ0) is 19.3. The number of rotatable bonds is 20. The summed E-state index contributed by atoms with van der Waals surface area (Å²) in [5.41, 5.74) is 0. The minimum Gasteiger partial charge on any atom is -0.447 e. The van der Waals surface area contributed by atoms with Crippen LogP contribution in [-0.4, -0.2) is 18.7 Å². The second kappa shape index (κ2) is 20.7. The van der Waals surface area contributed by atoms with Crippen molar-refractivity contribution in [3.63, 3.8) is 0 Å². The molecule has 0 fully saturated rings. The van der Waals surface area contributed by atoms with Gasteiger partial charge in [-0.2, -0.15) is 0 Å². The molecule has 0 aliphatic carbocycles. The van der Waals surface area contributed by atoms with Crippen molar-refractivity contribution in [1.82, 2.24) is 5.32 Å². The summed E-state index contributed by atoms with van der Waals surface area (Å²) in [6, 6.07) is 0. The molecule has 3 heteroatoms. The lowest BCUT2D eigenvalue weighted by molar-refractivity contribution is -0.148. The number of carbonyl (C=O) groups excluding carboxylic acids is 1. The molecule has 156 valence electrons. The fourth-order valence-electron chi connectivity index (χ4n) is 3.41. The predicted octanol–water partition coefficient (Wildman–Crippen LogP) is 7.14. The van der Waals surface area contributed by atoms with E-state index in [0.29, 0.717) is 0 Å². The first-order valence-electron chi connectivity index (χ1n) is 11.6. The Kier molecular flexibility index (Phi) is 20.3. The Morgan fingerprint density at radius 2 is 1.08 bits per heavy atom. The van der Waals surface area contributed by atoms with Crippen LogP contribution in [-0.2, 0) is 9.53 Å². The van der Waals surface area contributed by atoms with Crippen LogP contribution in [0.1, 0.15) is 130 Å². The van der Waals surface area contributed by atoms with Crippen LogP contribution in [0.4, 0.5) is 0 Å². The van der Waals surface area contributed by atoms with E-state index in [-0.39, 0.29) is 12.2 Å². The molecule has 3 nitrogen and oxygen atoms in total. The molecule has 0 aromatic rings. The number of unbranched alkanes of at least 4 members (excludes halogenated alkanes) is 15. The SMILES string of the molecule is CCCCCCCCCCCCCCCCCCNC(CC)OC(C)=O. The predicted molar refractivity (Wildman–Crippen MR) is 113 cm³/mol. The molecule has 1 N–H and O–H groups in total. The Balaban J connectivity index is 3.14. The van der Waals surface area contributed by atoms with E-state index in [1.165, 1.54) is 110 Å². The number of carbonyl (C=O) groups is 1. The van der Waals surface area contributed by atoms with Gasteiger partial charge in [0, 0.05) is 6.92 Å². The summed E-state index contributed by atoms with van der Waals surface area (Å²) in [4.78, 5) is 10.9. The maximum absolute atomic E-state index is 10.9. The van der Waals surface area contributed by atoms with E-state index in [2.05, 4.69) is 12.2 Å². The molecular formula is C23H47NO2. The zero-order valence-corrected chi connectivity index (χ0v) is 18.1. The van der Waals surface area contributed by atoms with Crippen LogP contribution in [0.15, 0.2) is 0 Å². The molecule has 0 spiro atoms. The lowest BCUT2D eigenvalue weighted by Gasteiger charge is -2.16. The van der Waals surface area contributed by atoms with E-state index in [1.807, 2.05) is 6.92 Å². The van der Waals surface area contributed by atoms with E-state index in [1.54, 1.807) is 0 Å². The molecule has 0 heterocycles. The van der Waals surface area contributed by atoms with E-state index in [9.17, 15) is 4.79 Å². The third-order valence-corrected chi connectivity index (χ3v) is 5.08. The highest BCUT2D eigenvalue weighted by Crippen LogP contribution is 2.13. The summed E-state index contributed by atoms with van der Waals surface area (Å²) in [6.45, 7) is 6.74. The first-order chi connectivity index (χ1) is 12.7. The normalized spacial score (nSPS) is 12.3. The van der Waals surface area contributed by atoms with Crippen molar-refractivity contribution in [2.75, 3.05) is 6.54 Å². The summed E-state index contributed by atoms with van der Waals surface area (Å²) in [6.07, 6.45) is 23.0. The summed E-state index contributed by atoms with van der Waals surface area (Å²) >= 11 is 0. The molecule has 0 radical (unpaired) electrons. The highest BCUT2D eigenvalue weighted by Gasteiger charge is 2.07. The van der Waals surface area contributed by atoms with Crippen molar-refractivity contribution in [3.05, 3.63) is 0 Å². The monoisotopic (exact) mass is 369 g/mol. The second-order valence-corrected chi connectivity index (χ2v) is 7.76. The minimum absolute atomic E-state index is 0.108. The average molecular weight is 370 g/mol. The van der Waals surface area contributed by atoms with Gasteiger partial charge in [-0.3, -0.25) is 10.1 Å². The molecule has 26 heavy (non-hydrogen) atoms. The summed E-state index contributed by atoms with van der Waals surface area (Å²) in [7, 11) is 0. The van der Waals surface area contributed by atoms with Gasteiger partial charge in [0.1, 0.15) is 0 Å². The number of hydrogen-bond acceptors (Lipinski definition) is 3. The molecular weight excluding hydrogens is 322 g/mol. The highest BCUT2D eigenvalue weighted by atomic mass is 16.6. The fraction of sp³-hybridized carbons (Fsp3) is 0.957. The van der Waals surface area contributed by atoms with Crippen LogP contribution in [0.25, 0.3) is 0 Å². The first-order valence-corrected chi connectivity index (χ1v) is 11.6. The lowest BCUT2D eigenvalue weighted by Crippen LogP contribution is -2.33. The summed E-state index contributed by atoms with van der Waals surface area (Å²) in [5.74, 6) is -0.198. The zero-order valence-electron chi connectivity index (χ0n) is 18.1. The molecule has 0 aliphatic heterocycles. The molecule has 0 saturated carbocycles. The molecule has 1 unspecified atom stereocenters. The van der Waals surface area contributed by atoms with E-state index in [4.69, 9.17) is 4.74 Å². The van der Waals surface area contributed by atoms with Gasteiger partial charge in [-0.1, -0.05) is 110 Å². The number of hydrogen-bond donors (Lipinski definition) is 1. The smallest absolute Gasteiger partial charge is 0.304 e. The van der Waals surface area contributed by atoms with Gasteiger partial charge in [0.05, 0.1) is 0 Å². The van der Waals surface area contributed by atoms with Gasteiger partial charge in [0.25, 0.3) is 0 Å². The van der Waals surface area contributed by atoms with Gasteiger partial charge in [0.2, 0.25) is 0 Å². The highest BCUT2D eigenvalue weighted by molar-refractivity contribution is 5.66. The minimum atomic E-state index is -0.198. The van der Waals surface area contributed by atoms with Gasteiger partial charge in [-0.25, -0.2) is 0 Å². The maximum Gasteiger partial charge on any atom is 0.304 e. The number of esters is 1. The van der Waals surface area contributed by atoms with Crippen LogP contribution >= 0.6 is 0 Å². The van der Waals surface area contributed by atoms with Crippen LogP contribution in [0, 0.1) is 0 Å². The third kappa shape index (κ3) is 19.8. The Morgan fingerprint density at radius 1 is 0.692 bits per heavy atom. The number of ether oxygens (including phenoxy) is 1. The van der Waals surface area contributed by atoms with Crippen molar-refractivity contribution >= 4 is 5.97 Å². The van der Waals surface area contributed by atoms with Crippen LogP contribution < -0.4 is 5.32 Å². The van der Waals surface area contributed by atoms with E-state index in [0.717, 1.165) is 13.0 Å². The lowest BCUT2D eigenvalue weighted by atomic mass is 10.0. The van der Waals surface area contributed by atoms with Gasteiger partial charge < -0.3 is 4.74 Å². The molecule has 0 saturated heterocycles. The number of nitrogens with one attached hydrogen (secondary N) is 1. The molecule has 0 aliphatic rings. The maximum atomic E-state index is 10.9. The standard InChI is InChI=1S/C23H47NO2/c1-4-6-7-8-9-10-11-12-13-14-15-16-17-18-19-20-21-24-23(5-2)26-22(3)25/h23-24H,4-21H2,1-3H3. The fourth-order valence-corrected chi connectivity index (χ4v) is 3.41. The summed E-state index contributed by atoms with van der Waals surface area (Å²) in [5, 5.41) is 3.31. The molecule has 0 rings (SSSR count). The van der Waals surface area contributed by atoms with Crippen LogP contribution in [0.3, 0.4) is 0 Å². The Morgan fingerprint density at radius 3 is 1.42 bits per heavy atom. The van der Waals surface area contributed by atoms with Crippen molar-refractivity contribution in [1.29, 1.82) is 0 Å². The van der Waals surface area contributed by atoms with Crippen molar-refractivity contribution in [2.45, 2.75) is 136 Å². The Labute approximate surface area is 164 Å². The van der Waals surface area contributed by atoms with Gasteiger partial charge in [0.15, 0.2) is 6.23 Å². The molecule has 0 aromatic heterocycles. The van der Waals surface area contributed by atoms with Gasteiger partial charge >= 0.3 is 5.97 Å². The summed E-state index contributed by atoms with van der Waals surface area (Å²) < 4.78 is 5.18. The molecule has 0 aromatic carbocycles. The first kappa shape index (κ1) is 25.4. The molecule has 0 bridgehead atoms. The second-order valence-electron chi connectivity index (χ2n) is 7.76. The third-order valence-electron chi connectivity index (χ3n) is 5.08. The van der Waals surface area contributed by atoms with Crippen LogP contribution in [0.2, 0.25) is 0 Å². The van der Waals surface area contributed by atoms with Crippen LogP contribution in [0.5, 0.6) is 0 Å². The Bertz CT molecular complexity index is 294. The van der Waals surface area contributed by atoms with Gasteiger partial charge in [-0.05, 0) is 19.4 Å².